The van der Waals surface area contributed by atoms with Gasteiger partial charge in [0.25, 0.3) is 0 Å². The second kappa shape index (κ2) is 6.10. The lowest BCUT2D eigenvalue weighted by atomic mass is 10.1. The molecular formula is C18H20N2O. The van der Waals surface area contributed by atoms with Crippen LogP contribution in [0.25, 0.3) is 22.2 Å². The molecule has 3 heteroatoms. The van der Waals surface area contributed by atoms with Crippen molar-refractivity contribution >= 4 is 10.9 Å². The molecule has 1 unspecified atom stereocenters. The van der Waals surface area contributed by atoms with Crippen LogP contribution >= 0.6 is 0 Å². The zero-order chi connectivity index (χ0) is 14.7. The van der Waals surface area contributed by atoms with E-state index in [2.05, 4.69) is 48.4 Å². The third-order valence-corrected chi connectivity index (χ3v) is 3.72. The zero-order valence-electron chi connectivity index (χ0n) is 12.5. The average molecular weight is 280 g/mol. The molecule has 1 aromatic carbocycles. The average Bonchev–Trinajstić information content (AvgIpc) is 3.02. The van der Waals surface area contributed by atoms with E-state index < -0.39 is 0 Å². The first kappa shape index (κ1) is 13.8. The smallest absolute Gasteiger partial charge is 0.134 e. The van der Waals surface area contributed by atoms with Gasteiger partial charge in [0.2, 0.25) is 0 Å². The van der Waals surface area contributed by atoms with Crippen LogP contribution in [0.3, 0.4) is 0 Å². The van der Waals surface area contributed by atoms with Crippen LogP contribution in [0.1, 0.15) is 32.1 Å². The van der Waals surface area contributed by atoms with Crippen LogP contribution in [0.15, 0.2) is 53.1 Å². The lowest BCUT2D eigenvalue weighted by Gasteiger charge is -2.12. The molecule has 0 saturated heterocycles. The molecule has 2 aromatic heterocycles. The van der Waals surface area contributed by atoms with E-state index in [-0.39, 0.29) is 6.04 Å². The van der Waals surface area contributed by atoms with Gasteiger partial charge in [-0.2, -0.15) is 0 Å². The van der Waals surface area contributed by atoms with E-state index in [1.165, 1.54) is 0 Å². The molecule has 0 saturated carbocycles. The summed E-state index contributed by atoms with van der Waals surface area (Å²) in [6, 6.07) is 14.7. The predicted molar refractivity (Wildman–Crippen MR) is 86.2 cm³/mol. The number of benzene rings is 1. The number of hydrogen-bond acceptors (Lipinski definition) is 3. The summed E-state index contributed by atoms with van der Waals surface area (Å²) in [5.41, 5.74) is 2.10. The lowest BCUT2D eigenvalue weighted by molar-refractivity contribution is 0.417. The third kappa shape index (κ3) is 2.83. The minimum absolute atomic E-state index is 0.283. The van der Waals surface area contributed by atoms with Gasteiger partial charge >= 0.3 is 0 Å². The van der Waals surface area contributed by atoms with Crippen molar-refractivity contribution in [2.45, 2.75) is 26.3 Å². The van der Waals surface area contributed by atoms with Crippen LogP contribution in [0.2, 0.25) is 0 Å². The summed E-state index contributed by atoms with van der Waals surface area (Å²) in [5, 5.41) is 4.57. The Hall–Kier alpha value is -2.13. The standard InChI is InChI=1S/C18H20N2O/c1-3-15(19-4-2)18-10-9-17(21-18)14-7-8-16-13(12-14)6-5-11-20-16/h5-12,15,19H,3-4H2,1-2H3. The Bertz CT molecular complexity index is 733. The molecule has 1 atom stereocenters. The van der Waals surface area contributed by atoms with Crippen LogP contribution in [-0.4, -0.2) is 11.5 Å². The van der Waals surface area contributed by atoms with Crippen LogP contribution in [0.5, 0.6) is 0 Å². The fourth-order valence-corrected chi connectivity index (χ4v) is 2.62. The summed E-state index contributed by atoms with van der Waals surface area (Å²) >= 11 is 0. The maximum absolute atomic E-state index is 6.04. The van der Waals surface area contributed by atoms with Gasteiger partial charge in [0, 0.05) is 17.1 Å². The number of aromatic nitrogens is 1. The molecule has 0 aliphatic heterocycles. The molecule has 3 nitrogen and oxygen atoms in total. The van der Waals surface area contributed by atoms with E-state index in [9.17, 15) is 0 Å². The maximum Gasteiger partial charge on any atom is 0.134 e. The van der Waals surface area contributed by atoms with Crippen molar-refractivity contribution in [1.29, 1.82) is 0 Å². The number of furan rings is 1. The van der Waals surface area contributed by atoms with Crippen LogP contribution < -0.4 is 5.32 Å². The predicted octanol–water partition coefficient (Wildman–Crippen LogP) is 4.56. The highest BCUT2D eigenvalue weighted by atomic mass is 16.3. The molecule has 2 heterocycles. The van der Waals surface area contributed by atoms with E-state index in [1.807, 2.05) is 24.4 Å². The van der Waals surface area contributed by atoms with Crippen molar-refractivity contribution in [1.82, 2.24) is 10.3 Å². The third-order valence-electron chi connectivity index (χ3n) is 3.72. The first-order chi connectivity index (χ1) is 10.3. The first-order valence-electron chi connectivity index (χ1n) is 7.50. The summed E-state index contributed by atoms with van der Waals surface area (Å²) in [4.78, 5) is 4.35. The highest BCUT2D eigenvalue weighted by Gasteiger charge is 2.13. The van der Waals surface area contributed by atoms with Crippen molar-refractivity contribution in [2.75, 3.05) is 6.54 Å². The van der Waals surface area contributed by atoms with E-state index in [0.717, 1.165) is 41.0 Å². The topological polar surface area (TPSA) is 38.1 Å². The SMILES string of the molecule is CCNC(CC)c1ccc(-c2ccc3ncccc3c2)o1. The highest BCUT2D eigenvalue weighted by Crippen LogP contribution is 2.28. The Morgan fingerprint density at radius 3 is 2.86 bits per heavy atom. The van der Waals surface area contributed by atoms with Gasteiger partial charge in [-0.05, 0) is 49.4 Å². The monoisotopic (exact) mass is 280 g/mol. The van der Waals surface area contributed by atoms with Gasteiger partial charge in [-0.3, -0.25) is 4.98 Å². The molecule has 0 fully saturated rings. The molecule has 0 aliphatic carbocycles. The second-order valence-corrected chi connectivity index (χ2v) is 5.13. The molecule has 3 rings (SSSR count). The number of nitrogens with zero attached hydrogens (tertiary/aromatic N) is 1. The number of fused-ring (bicyclic) bond motifs is 1. The fourth-order valence-electron chi connectivity index (χ4n) is 2.62. The van der Waals surface area contributed by atoms with Gasteiger partial charge in [0.05, 0.1) is 11.6 Å². The molecule has 21 heavy (non-hydrogen) atoms. The summed E-state index contributed by atoms with van der Waals surface area (Å²) in [6.45, 7) is 5.22. The minimum atomic E-state index is 0.283. The van der Waals surface area contributed by atoms with Gasteiger partial charge in [0.15, 0.2) is 0 Å². The van der Waals surface area contributed by atoms with Gasteiger partial charge in [0.1, 0.15) is 11.5 Å². The fraction of sp³-hybridized carbons (Fsp3) is 0.278. The normalized spacial score (nSPS) is 12.7. The Morgan fingerprint density at radius 1 is 1.14 bits per heavy atom. The molecule has 0 amide bonds. The summed E-state index contributed by atoms with van der Waals surface area (Å²) < 4.78 is 6.04. The lowest BCUT2D eigenvalue weighted by Crippen LogP contribution is -2.19. The Kier molecular flexibility index (Phi) is 4.02. The van der Waals surface area contributed by atoms with Crippen molar-refractivity contribution < 1.29 is 4.42 Å². The van der Waals surface area contributed by atoms with Gasteiger partial charge < -0.3 is 9.73 Å². The second-order valence-electron chi connectivity index (χ2n) is 5.13. The molecule has 0 radical (unpaired) electrons. The number of hydrogen-bond donors (Lipinski definition) is 1. The number of pyridine rings is 1. The Morgan fingerprint density at radius 2 is 2.05 bits per heavy atom. The van der Waals surface area contributed by atoms with Crippen LogP contribution in [0, 0.1) is 0 Å². The molecule has 0 bridgehead atoms. The molecule has 0 spiro atoms. The summed E-state index contributed by atoms with van der Waals surface area (Å²) in [7, 11) is 0. The maximum atomic E-state index is 6.04. The molecular weight excluding hydrogens is 260 g/mol. The number of nitrogens with one attached hydrogen (secondary N) is 1. The van der Waals surface area contributed by atoms with Crippen molar-refractivity contribution in [3.05, 3.63) is 54.4 Å². The Balaban J connectivity index is 1.93. The minimum Gasteiger partial charge on any atom is -0.459 e. The molecule has 3 aromatic rings. The van der Waals surface area contributed by atoms with E-state index in [1.54, 1.807) is 0 Å². The quantitative estimate of drug-likeness (QED) is 0.744. The van der Waals surface area contributed by atoms with Gasteiger partial charge in [-0.25, -0.2) is 0 Å². The summed E-state index contributed by atoms with van der Waals surface area (Å²) in [6.07, 6.45) is 2.83. The summed E-state index contributed by atoms with van der Waals surface area (Å²) in [5.74, 6) is 1.91. The van der Waals surface area contributed by atoms with Gasteiger partial charge in [-0.1, -0.05) is 19.9 Å². The van der Waals surface area contributed by atoms with Crippen molar-refractivity contribution in [3.63, 3.8) is 0 Å². The Labute approximate surface area is 125 Å². The van der Waals surface area contributed by atoms with E-state index in [4.69, 9.17) is 4.42 Å². The first-order valence-corrected chi connectivity index (χ1v) is 7.50. The van der Waals surface area contributed by atoms with Crippen LogP contribution in [0.4, 0.5) is 0 Å². The van der Waals surface area contributed by atoms with Crippen molar-refractivity contribution in [2.24, 2.45) is 0 Å². The largest absolute Gasteiger partial charge is 0.459 e. The highest BCUT2D eigenvalue weighted by molar-refractivity contribution is 5.83. The van der Waals surface area contributed by atoms with Crippen LogP contribution in [-0.2, 0) is 0 Å². The number of rotatable bonds is 5. The van der Waals surface area contributed by atoms with E-state index in [0.29, 0.717) is 0 Å². The molecule has 1 N–H and O–H groups in total. The zero-order valence-corrected chi connectivity index (χ0v) is 12.5. The molecule has 0 aliphatic rings. The van der Waals surface area contributed by atoms with E-state index >= 15 is 0 Å². The molecule has 108 valence electrons. The van der Waals surface area contributed by atoms with Crippen molar-refractivity contribution in [3.8, 4) is 11.3 Å². The van der Waals surface area contributed by atoms with Gasteiger partial charge in [-0.15, -0.1) is 0 Å².